The first-order valence-electron chi connectivity index (χ1n) is 5.96. The molecule has 1 aliphatic carbocycles. The summed E-state index contributed by atoms with van der Waals surface area (Å²) in [6.45, 7) is 8.74. The van der Waals surface area contributed by atoms with E-state index in [-0.39, 0.29) is 23.4 Å². The van der Waals surface area contributed by atoms with Crippen LogP contribution < -0.4 is 0 Å². The predicted octanol–water partition coefficient (Wildman–Crippen LogP) is 2.31. The molecule has 2 bridgehead atoms. The summed E-state index contributed by atoms with van der Waals surface area (Å²) in [6.07, 6.45) is 2.81. The highest BCUT2D eigenvalue weighted by Crippen LogP contribution is 2.49. The molecule has 0 N–H and O–H groups in total. The van der Waals surface area contributed by atoms with E-state index in [2.05, 4.69) is 26.8 Å². The first-order chi connectivity index (χ1) is 7.45. The van der Waals surface area contributed by atoms with Gasteiger partial charge in [0.05, 0.1) is 12.7 Å². The van der Waals surface area contributed by atoms with Crippen molar-refractivity contribution in [1.29, 1.82) is 0 Å². The topological polar surface area (TPSA) is 35.5 Å². The van der Waals surface area contributed by atoms with Crippen LogP contribution in [0.2, 0.25) is 0 Å². The molecule has 0 amide bonds. The molecule has 0 saturated carbocycles. The van der Waals surface area contributed by atoms with E-state index in [9.17, 15) is 4.79 Å². The van der Waals surface area contributed by atoms with Gasteiger partial charge in [0.25, 0.3) is 0 Å². The zero-order valence-electron chi connectivity index (χ0n) is 10.4. The molecule has 0 aromatic carbocycles. The van der Waals surface area contributed by atoms with Gasteiger partial charge in [0.1, 0.15) is 0 Å². The summed E-state index contributed by atoms with van der Waals surface area (Å²) >= 11 is 0. The Kier molecular flexibility index (Phi) is 2.82. The minimum atomic E-state index is -0.404. The van der Waals surface area contributed by atoms with Crippen molar-refractivity contribution in [3.8, 4) is 0 Å². The van der Waals surface area contributed by atoms with Crippen LogP contribution >= 0.6 is 0 Å². The zero-order valence-corrected chi connectivity index (χ0v) is 10.4. The quantitative estimate of drug-likeness (QED) is 0.533. The first kappa shape index (κ1) is 11.6. The largest absolute Gasteiger partial charge is 0.464 e. The number of hydrogen-bond acceptors (Lipinski definition) is 3. The third kappa shape index (κ3) is 1.77. The van der Waals surface area contributed by atoms with Crippen molar-refractivity contribution in [3.63, 3.8) is 0 Å². The summed E-state index contributed by atoms with van der Waals surface area (Å²) < 4.78 is 10.8. The minimum absolute atomic E-state index is 0.0782. The second-order valence-corrected chi connectivity index (χ2v) is 5.43. The predicted molar refractivity (Wildman–Crippen MR) is 60.9 cm³/mol. The molecule has 1 fully saturated rings. The van der Waals surface area contributed by atoms with Crippen LogP contribution in [0.5, 0.6) is 0 Å². The molecule has 16 heavy (non-hydrogen) atoms. The van der Waals surface area contributed by atoms with E-state index >= 15 is 0 Å². The molecule has 0 unspecified atom stereocenters. The molecule has 2 heterocycles. The van der Waals surface area contributed by atoms with Crippen LogP contribution in [0.25, 0.3) is 0 Å². The normalized spacial score (nSPS) is 35.8. The van der Waals surface area contributed by atoms with Gasteiger partial charge < -0.3 is 9.47 Å². The van der Waals surface area contributed by atoms with Crippen LogP contribution in [-0.2, 0) is 14.3 Å². The Morgan fingerprint density at radius 1 is 1.62 bits per heavy atom. The molecule has 3 heteroatoms. The van der Waals surface area contributed by atoms with Gasteiger partial charge in [-0.15, -0.1) is 0 Å². The van der Waals surface area contributed by atoms with Crippen LogP contribution in [-0.4, -0.2) is 24.8 Å². The second kappa shape index (κ2) is 3.88. The van der Waals surface area contributed by atoms with Crippen molar-refractivity contribution in [3.05, 3.63) is 11.6 Å². The van der Waals surface area contributed by atoms with Gasteiger partial charge in [0, 0.05) is 5.92 Å². The van der Waals surface area contributed by atoms with E-state index in [1.165, 1.54) is 5.57 Å². The van der Waals surface area contributed by atoms with Crippen LogP contribution in [0, 0.1) is 11.3 Å². The standard InChI is InChI=1S/C13H20O3/c1-5-15-12(14)11-10-8(2)6-9(16-11)7-13(10,3)4/h6,9-11H,5,7H2,1-4H3/t9-,10-,11-/m0/s1. The average molecular weight is 224 g/mol. The maximum Gasteiger partial charge on any atom is 0.335 e. The number of carbonyl (C=O) groups excluding carboxylic acids is 1. The molecule has 0 spiro atoms. The minimum Gasteiger partial charge on any atom is -0.464 e. The zero-order chi connectivity index (χ0) is 11.9. The van der Waals surface area contributed by atoms with Crippen molar-refractivity contribution in [2.75, 3.05) is 6.61 Å². The van der Waals surface area contributed by atoms with Crippen molar-refractivity contribution in [2.24, 2.45) is 11.3 Å². The van der Waals surface area contributed by atoms with Gasteiger partial charge in [-0.05, 0) is 25.7 Å². The van der Waals surface area contributed by atoms with Gasteiger partial charge in [-0.1, -0.05) is 25.5 Å². The number of ether oxygens (including phenoxy) is 2. The Morgan fingerprint density at radius 3 is 2.81 bits per heavy atom. The summed E-state index contributed by atoms with van der Waals surface area (Å²) in [5, 5.41) is 0. The van der Waals surface area contributed by atoms with E-state index in [0.717, 1.165) is 6.42 Å². The Labute approximate surface area is 96.8 Å². The van der Waals surface area contributed by atoms with E-state index < -0.39 is 6.10 Å². The fraction of sp³-hybridized carbons (Fsp3) is 0.769. The Hall–Kier alpha value is -0.830. The molecule has 2 aliphatic heterocycles. The van der Waals surface area contributed by atoms with Crippen molar-refractivity contribution in [2.45, 2.75) is 46.3 Å². The monoisotopic (exact) mass is 224 g/mol. The van der Waals surface area contributed by atoms with E-state index in [1.807, 2.05) is 6.92 Å². The fourth-order valence-corrected chi connectivity index (χ4v) is 3.14. The van der Waals surface area contributed by atoms with Gasteiger partial charge in [-0.2, -0.15) is 0 Å². The Balaban J connectivity index is 2.25. The molecule has 3 nitrogen and oxygen atoms in total. The maximum absolute atomic E-state index is 11.8. The van der Waals surface area contributed by atoms with E-state index in [0.29, 0.717) is 6.61 Å². The third-order valence-corrected chi connectivity index (χ3v) is 3.65. The lowest BCUT2D eigenvalue weighted by Crippen LogP contribution is -2.53. The lowest BCUT2D eigenvalue weighted by Gasteiger charge is -2.50. The molecular formula is C13H20O3. The molecule has 0 radical (unpaired) electrons. The van der Waals surface area contributed by atoms with Crippen LogP contribution in [0.1, 0.15) is 34.1 Å². The maximum atomic E-state index is 11.8. The molecule has 3 rings (SSSR count). The summed E-state index contributed by atoms with van der Waals surface area (Å²) in [4.78, 5) is 11.8. The van der Waals surface area contributed by atoms with Gasteiger partial charge in [0.15, 0.2) is 6.10 Å². The number of carbonyl (C=O) groups is 1. The highest BCUT2D eigenvalue weighted by molar-refractivity contribution is 5.76. The molecular weight excluding hydrogens is 204 g/mol. The molecule has 3 aliphatic rings. The lowest BCUT2D eigenvalue weighted by atomic mass is 9.63. The molecule has 3 atom stereocenters. The smallest absolute Gasteiger partial charge is 0.335 e. The second-order valence-electron chi connectivity index (χ2n) is 5.43. The van der Waals surface area contributed by atoms with Gasteiger partial charge in [-0.3, -0.25) is 0 Å². The van der Waals surface area contributed by atoms with Gasteiger partial charge >= 0.3 is 5.97 Å². The number of rotatable bonds is 2. The SMILES string of the molecule is CCOC(=O)[C@H]1O[C@H]2C=C(C)[C@@H]1C(C)(C)C2. The molecule has 0 aromatic heterocycles. The molecule has 1 saturated heterocycles. The van der Waals surface area contributed by atoms with Crippen molar-refractivity contribution >= 4 is 5.97 Å². The lowest BCUT2D eigenvalue weighted by molar-refractivity contribution is -0.180. The average Bonchev–Trinajstić information content (AvgIpc) is 2.14. The summed E-state index contributed by atoms with van der Waals surface area (Å²) in [5.41, 5.74) is 1.39. The van der Waals surface area contributed by atoms with Crippen molar-refractivity contribution in [1.82, 2.24) is 0 Å². The number of hydrogen-bond donors (Lipinski definition) is 0. The Morgan fingerprint density at radius 2 is 2.31 bits per heavy atom. The highest BCUT2D eigenvalue weighted by atomic mass is 16.6. The van der Waals surface area contributed by atoms with Gasteiger partial charge in [-0.25, -0.2) is 4.79 Å². The van der Waals surface area contributed by atoms with E-state index in [4.69, 9.17) is 9.47 Å². The molecule has 90 valence electrons. The number of fused-ring (bicyclic) bond motifs is 2. The van der Waals surface area contributed by atoms with Gasteiger partial charge in [0.2, 0.25) is 0 Å². The third-order valence-electron chi connectivity index (χ3n) is 3.65. The number of esters is 1. The summed E-state index contributed by atoms with van der Waals surface area (Å²) in [6, 6.07) is 0. The highest BCUT2D eigenvalue weighted by Gasteiger charge is 2.50. The van der Waals surface area contributed by atoms with E-state index in [1.54, 1.807) is 0 Å². The molecule has 0 aromatic rings. The van der Waals surface area contributed by atoms with Crippen LogP contribution in [0.15, 0.2) is 11.6 Å². The first-order valence-corrected chi connectivity index (χ1v) is 5.96. The summed E-state index contributed by atoms with van der Waals surface area (Å²) in [7, 11) is 0. The fourth-order valence-electron chi connectivity index (χ4n) is 3.14. The van der Waals surface area contributed by atoms with Crippen LogP contribution in [0.3, 0.4) is 0 Å². The van der Waals surface area contributed by atoms with Crippen LogP contribution in [0.4, 0.5) is 0 Å². The van der Waals surface area contributed by atoms with Crippen molar-refractivity contribution < 1.29 is 14.3 Å². The summed E-state index contributed by atoms with van der Waals surface area (Å²) in [5.74, 6) is -0.0470. The Bertz CT molecular complexity index is 330.